The van der Waals surface area contributed by atoms with E-state index in [2.05, 4.69) is 10.5 Å². The lowest BCUT2D eigenvalue weighted by atomic mass is 10.3. The van der Waals surface area contributed by atoms with E-state index in [-0.39, 0.29) is 16.8 Å². The van der Waals surface area contributed by atoms with Crippen molar-refractivity contribution in [3.05, 3.63) is 41.2 Å². The van der Waals surface area contributed by atoms with E-state index in [1.165, 1.54) is 0 Å². The Hall–Kier alpha value is -1.92. The summed E-state index contributed by atoms with van der Waals surface area (Å²) in [6.07, 6.45) is 0. The smallest absolute Gasteiger partial charge is 0.207 e. The zero-order valence-electron chi connectivity index (χ0n) is 8.09. The largest absolute Gasteiger partial charge is 0.450 e. The van der Waals surface area contributed by atoms with Crippen molar-refractivity contribution in [1.29, 1.82) is 0 Å². The van der Waals surface area contributed by atoms with E-state index in [9.17, 15) is 0 Å². The minimum Gasteiger partial charge on any atom is -0.450 e. The topological polar surface area (TPSA) is 83.1 Å². The highest BCUT2D eigenvalue weighted by atomic mass is 35.5. The summed E-state index contributed by atoms with van der Waals surface area (Å²) in [4.78, 5) is 0. The predicted molar refractivity (Wildman–Crippen MR) is 58.3 cm³/mol. The lowest BCUT2D eigenvalue weighted by molar-refractivity contribution is -0.127. The Labute approximate surface area is 96.5 Å². The minimum absolute atomic E-state index is 0.0184. The number of nitrogens with two attached hydrogens (primary N) is 1. The van der Waals surface area contributed by atoms with Gasteiger partial charge in [0.15, 0.2) is 11.0 Å². The molecule has 0 radical (unpaired) electrons. The van der Waals surface area contributed by atoms with Crippen molar-refractivity contribution in [2.24, 2.45) is 10.8 Å². The van der Waals surface area contributed by atoms with Crippen LogP contribution in [0.15, 0.2) is 46.3 Å². The third-order valence-corrected chi connectivity index (χ3v) is 2.05. The zero-order valence-corrected chi connectivity index (χ0v) is 8.85. The summed E-state index contributed by atoms with van der Waals surface area (Å²) >= 11 is 5.80. The Morgan fingerprint density at radius 3 is 2.69 bits per heavy atom. The van der Waals surface area contributed by atoms with Crippen LogP contribution in [0.1, 0.15) is 0 Å². The standard InChI is InChI=1S/C9H9ClN4O2/c10-8-7(9(11)13-14(15)12-8)16-6-4-2-1-3-5-6/h1-5,12,15H,(H2,11,13). The molecule has 16 heavy (non-hydrogen) atoms. The number of nitrogens with zero attached hydrogens (tertiary/aromatic N) is 2. The van der Waals surface area contributed by atoms with Crippen molar-refractivity contribution in [3.8, 4) is 5.75 Å². The molecule has 0 aliphatic carbocycles. The second-order valence-electron chi connectivity index (χ2n) is 2.94. The van der Waals surface area contributed by atoms with Gasteiger partial charge in [-0.15, -0.1) is 5.10 Å². The molecular formula is C9H9ClN4O2. The van der Waals surface area contributed by atoms with Crippen molar-refractivity contribution >= 4 is 17.4 Å². The SMILES string of the molecule is NC1=NN(O)NC(Cl)=C1Oc1ccccc1. The van der Waals surface area contributed by atoms with Gasteiger partial charge in [0.05, 0.1) is 0 Å². The second-order valence-corrected chi connectivity index (χ2v) is 3.32. The molecule has 1 aromatic rings. The third-order valence-electron chi connectivity index (χ3n) is 1.80. The van der Waals surface area contributed by atoms with E-state index in [0.29, 0.717) is 11.0 Å². The van der Waals surface area contributed by atoms with Crippen LogP contribution in [-0.2, 0) is 0 Å². The first-order valence-electron chi connectivity index (χ1n) is 4.39. The molecule has 1 aliphatic rings. The fourth-order valence-corrected chi connectivity index (χ4v) is 1.34. The molecule has 0 spiro atoms. The Morgan fingerprint density at radius 1 is 1.38 bits per heavy atom. The van der Waals surface area contributed by atoms with Crippen LogP contribution in [0.4, 0.5) is 0 Å². The number of hydrazine groups is 1. The van der Waals surface area contributed by atoms with Crippen LogP contribution < -0.4 is 15.9 Å². The Kier molecular flexibility index (Phi) is 2.84. The van der Waals surface area contributed by atoms with E-state index in [1.807, 2.05) is 18.2 Å². The van der Waals surface area contributed by atoms with Gasteiger partial charge in [-0.2, -0.15) is 0 Å². The van der Waals surface area contributed by atoms with Gasteiger partial charge in [-0.25, -0.2) is 5.43 Å². The molecule has 0 unspecified atom stereocenters. The number of amidine groups is 1. The molecule has 4 N–H and O–H groups in total. The van der Waals surface area contributed by atoms with Gasteiger partial charge in [0.2, 0.25) is 5.76 Å². The van der Waals surface area contributed by atoms with Crippen molar-refractivity contribution in [2.45, 2.75) is 0 Å². The molecule has 7 heteroatoms. The summed E-state index contributed by atoms with van der Waals surface area (Å²) in [6, 6.07) is 8.97. The minimum atomic E-state index is -0.0184. The van der Waals surface area contributed by atoms with E-state index in [4.69, 9.17) is 27.3 Å². The summed E-state index contributed by atoms with van der Waals surface area (Å²) in [5, 5.41) is 13.0. The number of halogens is 1. The van der Waals surface area contributed by atoms with Crippen molar-refractivity contribution < 1.29 is 9.94 Å². The van der Waals surface area contributed by atoms with E-state index in [1.54, 1.807) is 12.1 Å². The maximum Gasteiger partial charge on any atom is 0.207 e. The van der Waals surface area contributed by atoms with Gasteiger partial charge in [0.25, 0.3) is 0 Å². The van der Waals surface area contributed by atoms with Crippen LogP contribution in [0.25, 0.3) is 0 Å². The molecule has 1 aliphatic heterocycles. The fraction of sp³-hybridized carbons (Fsp3) is 0. The fourth-order valence-electron chi connectivity index (χ4n) is 1.13. The van der Waals surface area contributed by atoms with E-state index in [0.717, 1.165) is 0 Å². The number of hydrogen-bond acceptors (Lipinski definition) is 6. The molecule has 1 heterocycles. The highest BCUT2D eigenvalue weighted by Gasteiger charge is 2.19. The van der Waals surface area contributed by atoms with Crippen LogP contribution in [-0.4, -0.2) is 16.3 Å². The summed E-state index contributed by atoms with van der Waals surface area (Å²) < 4.78 is 5.42. The number of para-hydroxylation sites is 1. The van der Waals surface area contributed by atoms with Crippen LogP contribution >= 0.6 is 11.6 Å². The first-order valence-corrected chi connectivity index (χ1v) is 4.77. The molecule has 2 rings (SSSR count). The van der Waals surface area contributed by atoms with E-state index < -0.39 is 0 Å². The number of hydrogen-bond donors (Lipinski definition) is 3. The molecule has 0 bridgehead atoms. The first-order chi connectivity index (χ1) is 7.66. The molecule has 0 saturated heterocycles. The predicted octanol–water partition coefficient (Wildman–Crippen LogP) is 0.955. The average Bonchev–Trinajstić information content (AvgIpc) is 2.25. The molecular weight excluding hydrogens is 232 g/mol. The maximum absolute atomic E-state index is 9.01. The van der Waals surface area contributed by atoms with Crippen LogP contribution in [0.2, 0.25) is 0 Å². The van der Waals surface area contributed by atoms with Gasteiger partial charge < -0.3 is 10.5 Å². The Balaban J connectivity index is 2.22. The summed E-state index contributed by atoms with van der Waals surface area (Å²) in [7, 11) is 0. The molecule has 0 atom stereocenters. The number of hydrazone groups is 1. The van der Waals surface area contributed by atoms with Gasteiger partial charge >= 0.3 is 0 Å². The number of nitrogens with one attached hydrogen (secondary N) is 1. The van der Waals surface area contributed by atoms with Crippen molar-refractivity contribution in [3.63, 3.8) is 0 Å². The molecule has 0 amide bonds. The normalized spacial score (nSPS) is 15.6. The number of benzene rings is 1. The second kappa shape index (κ2) is 4.30. The lowest BCUT2D eigenvalue weighted by Crippen LogP contribution is -2.39. The molecule has 6 nitrogen and oxygen atoms in total. The monoisotopic (exact) mass is 240 g/mol. The first kappa shape index (κ1) is 10.6. The number of ether oxygens (including phenoxy) is 1. The zero-order chi connectivity index (χ0) is 11.5. The highest BCUT2D eigenvalue weighted by Crippen LogP contribution is 2.18. The summed E-state index contributed by atoms with van der Waals surface area (Å²) in [6.45, 7) is 0. The summed E-state index contributed by atoms with van der Waals surface area (Å²) in [5.41, 5.74) is 7.87. The summed E-state index contributed by atoms with van der Waals surface area (Å²) in [5.74, 6) is 0.718. The maximum atomic E-state index is 9.01. The third kappa shape index (κ3) is 2.18. The number of rotatable bonds is 2. The van der Waals surface area contributed by atoms with Gasteiger partial charge in [0, 0.05) is 0 Å². The van der Waals surface area contributed by atoms with Crippen molar-refractivity contribution in [1.82, 2.24) is 10.7 Å². The molecule has 84 valence electrons. The molecule has 0 saturated carbocycles. The van der Waals surface area contributed by atoms with Gasteiger partial charge in [-0.3, -0.25) is 5.21 Å². The van der Waals surface area contributed by atoms with Gasteiger partial charge in [-0.1, -0.05) is 35.1 Å². The van der Waals surface area contributed by atoms with Crippen molar-refractivity contribution in [2.75, 3.05) is 0 Å². The van der Waals surface area contributed by atoms with Crippen LogP contribution in [0.3, 0.4) is 0 Å². The molecule has 0 aromatic heterocycles. The van der Waals surface area contributed by atoms with Gasteiger partial charge in [0.1, 0.15) is 5.75 Å². The molecule has 1 aromatic carbocycles. The van der Waals surface area contributed by atoms with E-state index >= 15 is 0 Å². The highest BCUT2D eigenvalue weighted by molar-refractivity contribution is 6.31. The van der Waals surface area contributed by atoms with Crippen LogP contribution in [0, 0.1) is 0 Å². The Bertz CT molecular complexity index is 446. The quantitative estimate of drug-likeness (QED) is 0.671. The lowest BCUT2D eigenvalue weighted by Gasteiger charge is -2.21. The Morgan fingerprint density at radius 2 is 2.06 bits per heavy atom. The average molecular weight is 241 g/mol. The molecule has 0 fully saturated rings. The van der Waals surface area contributed by atoms with Gasteiger partial charge in [-0.05, 0) is 12.1 Å². The van der Waals surface area contributed by atoms with Crippen LogP contribution in [0.5, 0.6) is 5.75 Å².